The van der Waals surface area contributed by atoms with Gasteiger partial charge in [-0.1, -0.05) is 212 Å². The molecule has 12 rings (SSSR count). The van der Waals surface area contributed by atoms with Crippen LogP contribution in [0.2, 0.25) is 0 Å². The van der Waals surface area contributed by atoms with Gasteiger partial charge in [-0.15, -0.1) is 0 Å². The van der Waals surface area contributed by atoms with Gasteiger partial charge in [0.1, 0.15) is 0 Å². The lowest BCUT2D eigenvalue weighted by molar-refractivity contribution is 0.933. The molecule has 0 saturated heterocycles. The van der Waals surface area contributed by atoms with Gasteiger partial charge in [-0.3, -0.25) is 15.0 Å². The van der Waals surface area contributed by atoms with Crippen LogP contribution in [0.25, 0.3) is 101 Å². The van der Waals surface area contributed by atoms with E-state index in [1.54, 1.807) is 0 Å². The molecule has 380 valence electrons. The highest BCUT2D eigenvalue weighted by Crippen LogP contribution is 2.42. The highest BCUT2D eigenvalue weighted by molar-refractivity contribution is 5.94. The Morgan fingerprint density at radius 3 is 1.04 bits per heavy atom. The smallest absolute Gasteiger partial charge is 0.0702 e. The van der Waals surface area contributed by atoms with Crippen molar-refractivity contribution >= 4 is 0 Å². The van der Waals surface area contributed by atoms with Crippen molar-refractivity contribution in [2.45, 2.75) is 46.5 Å². The van der Waals surface area contributed by atoms with Gasteiger partial charge in [0.05, 0.1) is 17.1 Å². The molecule has 3 heterocycles. The molecule has 0 bridgehead atoms. The Labute approximate surface area is 465 Å². The molecule has 9 aromatic carbocycles. The normalized spacial score (nSPS) is 11.2. The molecule has 3 heteroatoms. The van der Waals surface area contributed by atoms with Gasteiger partial charge in [0.2, 0.25) is 0 Å². The number of rotatable bonds is 15. The van der Waals surface area contributed by atoms with Gasteiger partial charge in [-0.05, 0) is 189 Å². The summed E-state index contributed by atoms with van der Waals surface area (Å²) < 4.78 is 0. The molecule has 0 unspecified atom stereocenters. The first-order valence-corrected chi connectivity index (χ1v) is 27.5. The Balaban J connectivity index is 0.958. The van der Waals surface area contributed by atoms with Crippen LogP contribution in [-0.4, -0.2) is 15.0 Å². The molecule has 0 spiro atoms. The van der Waals surface area contributed by atoms with E-state index in [9.17, 15) is 0 Å². The van der Waals surface area contributed by atoms with Crippen molar-refractivity contribution in [2.24, 2.45) is 0 Å². The molecule has 12 aromatic rings. The van der Waals surface area contributed by atoms with Crippen LogP contribution in [0.1, 0.15) is 38.9 Å². The molecular weight excluding hydrogens is 955 g/mol. The predicted molar refractivity (Wildman–Crippen MR) is 331 cm³/mol. The fourth-order valence-electron chi connectivity index (χ4n) is 11.0. The van der Waals surface area contributed by atoms with E-state index in [0.29, 0.717) is 0 Å². The minimum absolute atomic E-state index is 0.871. The minimum Gasteiger partial charge on any atom is -0.256 e. The maximum atomic E-state index is 4.88. The SMILES string of the molecule is Cc1ccc(-c2ccc(CCc3cc(CCc4ccc(-c5ccc(C)cn5)cc4-c4ccccc4)cc(-c4ccccc4-c4ccc(-c5ccc(C)cn5)cc4-c4ccc(-c5ccccc5)cc4)c3)c(-c3ccccc3)c2)nc1. The Kier molecular flexibility index (Phi) is 14.6. The number of pyridine rings is 3. The Bertz CT molecular complexity index is 3880. The summed E-state index contributed by atoms with van der Waals surface area (Å²) in [4.78, 5) is 14.5. The fraction of sp³-hybridized carbons (Fsp3) is 0.0921. The second-order valence-electron chi connectivity index (χ2n) is 20.9. The van der Waals surface area contributed by atoms with E-state index < -0.39 is 0 Å². The zero-order valence-corrected chi connectivity index (χ0v) is 45.1. The fourth-order valence-corrected chi connectivity index (χ4v) is 11.0. The van der Waals surface area contributed by atoms with Gasteiger partial charge >= 0.3 is 0 Å². The van der Waals surface area contributed by atoms with E-state index in [-0.39, 0.29) is 0 Å². The molecule has 0 radical (unpaired) electrons. The van der Waals surface area contributed by atoms with Crippen molar-refractivity contribution in [3.05, 3.63) is 306 Å². The molecule has 0 aliphatic rings. The number of nitrogens with zero attached hydrogens (tertiary/aromatic N) is 3. The molecular formula is C76H61N3. The van der Waals surface area contributed by atoms with E-state index in [4.69, 9.17) is 15.0 Å². The summed E-state index contributed by atoms with van der Waals surface area (Å²) in [6, 6.07) is 91.2. The van der Waals surface area contributed by atoms with Gasteiger partial charge in [0, 0.05) is 35.3 Å². The molecule has 0 aliphatic heterocycles. The van der Waals surface area contributed by atoms with E-state index in [1.165, 1.54) is 83.5 Å². The van der Waals surface area contributed by atoms with Crippen LogP contribution in [0.3, 0.4) is 0 Å². The van der Waals surface area contributed by atoms with E-state index in [1.807, 2.05) is 18.6 Å². The number of aryl methyl sites for hydroxylation is 7. The zero-order valence-electron chi connectivity index (χ0n) is 45.1. The van der Waals surface area contributed by atoms with Gasteiger partial charge in [-0.25, -0.2) is 0 Å². The van der Waals surface area contributed by atoms with Crippen LogP contribution >= 0.6 is 0 Å². The molecule has 0 aliphatic carbocycles. The largest absolute Gasteiger partial charge is 0.256 e. The third-order valence-corrected chi connectivity index (χ3v) is 15.3. The van der Waals surface area contributed by atoms with Crippen molar-refractivity contribution in [3.63, 3.8) is 0 Å². The maximum absolute atomic E-state index is 4.88. The summed E-state index contributed by atoms with van der Waals surface area (Å²) in [5.41, 5.74) is 29.4. The minimum atomic E-state index is 0.871. The summed E-state index contributed by atoms with van der Waals surface area (Å²) in [7, 11) is 0. The first-order valence-electron chi connectivity index (χ1n) is 27.5. The topological polar surface area (TPSA) is 38.7 Å². The molecule has 0 amide bonds. The van der Waals surface area contributed by atoms with Crippen molar-refractivity contribution in [1.82, 2.24) is 15.0 Å². The summed E-state index contributed by atoms with van der Waals surface area (Å²) in [5, 5.41) is 0. The monoisotopic (exact) mass is 1020 g/mol. The average molecular weight is 1020 g/mol. The lowest BCUT2D eigenvalue weighted by atomic mass is 9.86. The zero-order chi connectivity index (χ0) is 53.5. The number of hydrogen-bond donors (Lipinski definition) is 0. The van der Waals surface area contributed by atoms with Crippen LogP contribution in [0.15, 0.2) is 267 Å². The molecule has 79 heavy (non-hydrogen) atoms. The van der Waals surface area contributed by atoms with Crippen molar-refractivity contribution in [3.8, 4) is 101 Å². The third kappa shape index (κ3) is 11.4. The molecule has 3 nitrogen and oxygen atoms in total. The van der Waals surface area contributed by atoms with Crippen LogP contribution in [0.5, 0.6) is 0 Å². The van der Waals surface area contributed by atoms with Gasteiger partial charge < -0.3 is 0 Å². The Morgan fingerprint density at radius 1 is 0.228 bits per heavy atom. The van der Waals surface area contributed by atoms with E-state index in [0.717, 1.165) is 81.7 Å². The Hall–Kier alpha value is -9.57. The first kappa shape index (κ1) is 50.3. The summed E-state index contributed by atoms with van der Waals surface area (Å²) in [5.74, 6) is 0. The number of benzene rings is 9. The van der Waals surface area contributed by atoms with Crippen molar-refractivity contribution in [2.75, 3.05) is 0 Å². The van der Waals surface area contributed by atoms with E-state index >= 15 is 0 Å². The van der Waals surface area contributed by atoms with Gasteiger partial charge in [0.15, 0.2) is 0 Å². The number of aromatic nitrogens is 3. The van der Waals surface area contributed by atoms with Crippen molar-refractivity contribution in [1.29, 1.82) is 0 Å². The number of hydrogen-bond acceptors (Lipinski definition) is 3. The highest BCUT2D eigenvalue weighted by Gasteiger charge is 2.18. The quantitative estimate of drug-likeness (QED) is 0.103. The second kappa shape index (κ2) is 23.0. The predicted octanol–water partition coefficient (Wildman–Crippen LogP) is 19.4. The third-order valence-electron chi connectivity index (χ3n) is 15.3. The first-order chi connectivity index (χ1) is 38.8. The summed E-state index contributed by atoms with van der Waals surface area (Å²) >= 11 is 0. The van der Waals surface area contributed by atoms with Gasteiger partial charge in [0.25, 0.3) is 0 Å². The summed E-state index contributed by atoms with van der Waals surface area (Å²) in [6.07, 6.45) is 9.36. The lowest BCUT2D eigenvalue weighted by Crippen LogP contribution is -2.00. The summed E-state index contributed by atoms with van der Waals surface area (Å²) in [6.45, 7) is 6.26. The average Bonchev–Trinajstić information content (AvgIpc) is 3.63. The van der Waals surface area contributed by atoms with Crippen LogP contribution in [0, 0.1) is 20.8 Å². The molecule has 0 saturated carbocycles. The molecule has 0 atom stereocenters. The van der Waals surface area contributed by atoms with Crippen molar-refractivity contribution < 1.29 is 0 Å². The maximum Gasteiger partial charge on any atom is 0.0702 e. The van der Waals surface area contributed by atoms with Crippen LogP contribution in [-0.2, 0) is 25.7 Å². The molecule has 0 fully saturated rings. The highest BCUT2D eigenvalue weighted by atomic mass is 14.7. The molecule has 0 N–H and O–H groups in total. The lowest BCUT2D eigenvalue weighted by Gasteiger charge is -2.18. The van der Waals surface area contributed by atoms with E-state index in [2.05, 4.69) is 269 Å². The van der Waals surface area contributed by atoms with Crippen LogP contribution < -0.4 is 0 Å². The van der Waals surface area contributed by atoms with Crippen LogP contribution in [0.4, 0.5) is 0 Å². The van der Waals surface area contributed by atoms with Gasteiger partial charge in [-0.2, -0.15) is 0 Å². The standard InChI is InChI=1S/C76H61N3/c1-52-23-40-74(77-49-52)64-36-34-61(71(46-64)59-17-9-5-10-18-59)28-26-55-43-56(27-29-62-35-37-65(75-41-24-53(2)50-78-75)47-72(62)60-19-11-6-12-20-60)45-67(44-55)68-21-13-14-22-69(68)70-39-38-66(76-42-25-54(3)51-79-76)48-73(70)63-32-30-58(31-33-63)57-15-7-4-8-16-57/h4-25,30-51H,26-29H2,1-3H3. The Morgan fingerprint density at radius 2 is 0.582 bits per heavy atom. The molecule has 3 aromatic heterocycles. The second-order valence-corrected chi connectivity index (χ2v) is 20.9.